The summed E-state index contributed by atoms with van der Waals surface area (Å²) >= 11 is 0. The molecule has 0 amide bonds. The van der Waals surface area contributed by atoms with Crippen LogP contribution in [0, 0.1) is 5.92 Å². The number of likely N-dealkylation sites (tertiary alicyclic amines) is 1. The van der Waals surface area contributed by atoms with E-state index >= 15 is 0 Å². The molecule has 1 saturated heterocycles. The van der Waals surface area contributed by atoms with Crippen molar-refractivity contribution in [1.82, 2.24) is 4.90 Å². The lowest BCUT2D eigenvalue weighted by Gasteiger charge is -2.04. The van der Waals surface area contributed by atoms with Crippen molar-refractivity contribution in [3.63, 3.8) is 0 Å². The Hall–Kier alpha value is -0.900. The van der Waals surface area contributed by atoms with Gasteiger partial charge in [0.2, 0.25) is 0 Å². The number of carboxylic acid groups (broad SMARTS) is 1. The van der Waals surface area contributed by atoms with Gasteiger partial charge in [0, 0.05) is 12.5 Å². The molecule has 4 heteroatoms. The minimum Gasteiger partial charge on any atom is -0.481 e. The second kappa shape index (κ2) is 3.00. The highest BCUT2D eigenvalue weighted by Crippen LogP contribution is 2.13. The monoisotopic (exact) mass is 157 g/mol. The van der Waals surface area contributed by atoms with Crippen LogP contribution < -0.4 is 0 Å². The number of carbonyl (C=O) groups is 2. The van der Waals surface area contributed by atoms with Crippen LogP contribution in [0.25, 0.3) is 0 Å². The van der Waals surface area contributed by atoms with E-state index < -0.39 is 5.97 Å². The maximum atomic E-state index is 11.0. The third-order valence-electron chi connectivity index (χ3n) is 1.83. The molecule has 1 fully saturated rings. The fraction of sp³-hybridized carbons (Fsp3) is 0.714. The Bertz CT molecular complexity index is 190. The maximum absolute atomic E-state index is 11.0. The van der Waals surface area contributed by atoms with E-state index in [-0.39, 0.29) is 18.1 Å². The lowest BCUT2D eigenvalue weighted by atomic mass is 10.0. The number of Topliss-reactive ketones (excluding diaryl/α,β-unsaturated/α-hetero) is 1. The van der Waals surface area contributed by atoms with Crippen molar-refractivity contribution in [2.45, 2.75) is 6.42 Å². The maximum Gasteiger partial charge on any atom is 0.304 e. The van der Waals surface area contributed by atoms with Gasteiger partial charge in [-0.25, -0.2) is 0 Å². The topological polar surface area (TPSA) is 57.6 Å². The van der Waals surface area contributed by atoms with E-state index in [1.165, 1.54) is 0 Å². The van der Waals surface area contributed by atoms with Gasteiger partial charge in [-0.3, -0.25) is 14.5 Å². The van der Waals surface area contributed by atoms with Crippen LogP contribution in [0.2, 0.25) is 0 Å². The first kappa shape index (κ1) is 8.20. The van der Waals surface area contributed by atoms with Crippen LogP contribution in [0.3, 0.4) is 0 Å². The van der Waals surface area contributed by atoms with E-state index in [4.69, 9.17) is 5.11 Å². The van der Waals surface area contributed by atoms with Crippen LogP contribution in [0.5, 0.6) is 0 Å². The van der Waals surface area contributed by atoms with Crippen molar-refractivity contribution < 1.29 is 14.7 Å². The van der Waals surface area contributed by atoms with Gasteiger partial charge in [-0.2, -0.15) is 0 Å². The molecule has 0 aromatic carbocycles. The van der Waals surface area contributed by atoms with E-state index in [0.717, 1.165) is 0 Å². The lowest BCUT2D eigenvalue weighted by Crippen LogP contribution is -2.16. The summed E-state index contributed by atoms with van der Waals surface area (Å²) in [5.74, 6) is -1.12. The van der Waals surface area contributed by atoms with Gasteiger partial charge in [-0.05, 0) is 7.05 Å². The molecule has 1 N–H and O–H groups in total. The summed E-state index contributed by atoms with van der Waals surface area (Å²) in [6.45, 7) is 0.989. The number of carboxylic acids is 1. The number of hydrogen-bond acceptors (Lipinski definition) is 3. The second-order valence-corrected chi connectivity index (χ2v) is 2.96. The van der Waals surface area contributed by atoms with Gasteiger partial charge >= 0.3 is 5.97 Å². The molecule has 62 valence electrons. The van der Waals surface area contributed by atoms with E-state index in [1.807, 2.05) is 11.9 Å². The normalized spacial score (nSPS) is 25.9. The summed E-state index contributed by atoms with van der Waals surface area (Å²) in [4.78, 5) is 23.1. The Morgan fingerprint density at radius 1 is 1.82 bits per heavy atom. The Kier molecular flexibility index (Phi) is 2.24. The van der Waals surface area contributed by atoms with Gasteiger partial charge in [0.05, 0.1) is 13.0 Å². The standard InChI is InChI=1S/C7H11NO3/c1-8-3-5(2-7(10)11)6(9)4-8/h5H,2-4H2,1H3,(H,10,11). The zero-order valence-electron chi connectivity index (χ0n) is 6.41. The predicted molar refractivity (Wildman–Crippen MR) is 38.2 cm³/mol. The number of rotatable bonds is 2. The third-order valence-corrected chi connectivity index (χ3v) is 1.83. The number of hydrogen-bond donors (Lipinski definition) is 1. The van der Waals surface area contributed by atoms with Gasteiger partial charge in [0.15, 0.2) is 5.78 Å². The first-order valence-electron chi connectivity index (χ1n) is 3.52. The zero-order valence-corrected chi connectivity index (χ0v) is 6.41. The Morgan fingerprint density at radius 2 is 2.45 bits per heavy atom. The molecule has 1 aliphatic rings. The number of carbonyl (C=O) groups excluding carboxylic acids is 1. The molecular formula is C7H11NO3. The van der Waals surface area contributed by atoms with Crippen molar-refractivity contribution in [2.75, 3.05) is 20.1 Å². The van der Waals surface area contributed by atoms with Crippen LogP contribution in [-0.2, 0) is 9.59 Å². The zero-order chi connectivity index (χ0) is 8.43. The second-order valence-electron chi connectivity index (χ2n) is 2.96. The van der Waals surface area contributed by atoms with Gasteiger partial charge < -0.3 is 5.11 Å². The van der Waals surface area contributed by atoms with Crippen molar-refractivity contribution in [3.05, 3.63) is 0 Å². The Morgan fingerprint density at radius 3 is 2.82 bits per heavy atom. The lowest BCUT2D eigenvalue weighted by molar-refractivity contribution is -0.139. The van der Waals surface area contributed by atoms with Gasteiger partial charge in [-0.15, -0.1) is 0 Å². The van der Waals surface area contributed by atoms with Crippen LogP contribution in [0.1, 0.15) is 6.42 Å². The fourth-order valence-electron chi connectivity index (χ4n) is 1.33. The molecule has 1 unspecified atom stereocenters. The fourth-order valence-corrected chi connectivity index (χ4v) is 1.33. The number of nitrogens with zero attached hydrogens (tertiary/aromatic N) is 1. The van der Waals surface area contributed by atoms with Crippen molar-refractivity contribution >= 4 is 11.8 Å². The molecule has 1 heterocycles. The molecular weight excluding hydrogens is 146 g/mol. The number of aliphatic carboxylic acids is 1. The number of ketones is 1. The van der Waals surface area contributed by atoms with E-state index in [2.05, 4.69) is 0 Å². The summed E-state index contributed by atoms with van der Waals surface area (Å²) < 4.78 is 0. The molecule has 0 saturated carbocycles. The van der Waals surface area contributed by atoms with Crippen molar-refractivity contribution in [3.8, 4) is 0 Å². The average molecular weight is 157 g/mol. The van der Waals surface area contributed by atoms with Gasteiger partial charge in [-0.1, -0.05) is 0 Å². The first-order valence-corrected chi connectivity index (χ1v) is 3.52. The minimum absolute atomic E-state index is 0.0246. The molecule has 0 aromatic heterocycles. The van der Waals surface area contributed by atoms with Crippen LogP contribution >= 0.6 is 0 Å². The van der Waals surface area contributed by atoms with Crippen molar-refractivity contribution in [1.29, 1.82) is 0 Å². The smallest absolute Gasteiger partial charge is 0.304 e. The highest BCUT2D eigenvalue weighted by atomic mass is 16.4. The molecule has 1 aliphatic heterocycles. The number of likely N-dealkylation sites (N-methyl/N-ethyl adjacent to an activating group) is 1. The highest BCUT2D eigenvalue weighted by molar-refractivity contribution is 5.88. The first-order chi connectivity index (χ1) is 5.09. The Balaban J connectivity index is 2.47. The summed E-state index contributed by atoms with van der Waals surface area (Å²) in [5.41, 5.74) is 0. The SMILES string of the molecule is CN1CC(=O)C(CC(=O)O)C1. The largest absolute Gasteiger partial charge is 0.481 e. The van der Waals surface area contributed by atoms with E-state index in [1.54, 1.807) is 0 Å². The molecule has 0 radical (unpaired) electrons. The third kappa shape index (κ3) is 2.01. The molecule has 1 rings (SSSR count). The van der Waals surface area contributed by atoms with Crippen LogP contribution in [0.4, 0.5) is 0 Å². The molecule has 0 aliphatic carbocycles. The summed E-state index contributed by atoms with van der Waals surface area (Å²) in [6.07, 6.45) is -0.0246. The van der Waals surface area contributed by atoms with Gasteiger partial charge in [0.1, 0.15) is 0 Å². The van der Waals surface area contributed by atoms with Crippen LogP contribution in [0.15, 0.2) is 0 Å². The quantitative estimate of drug-likeness (QED) is 0.592. The predicted octanol–water partition coefficient (Wildman–Crippen LogP) is -0.408. The Labute approximate surface area is 64.8 Å². The van der Waals surface area contributed by atoms with E-state index in [9.17, 15) is 9.59 Å². The minimum atomic E-state index is -0.890. The molecule has 1 atom stereocenters. The van der Waals surface area contributed by atoms with E-state index in [0.29, 0.717) is 13.1 Å². The molecule has 0 aromatic rings. The highest BCUT2D eigenvalue weighted by Gasteiger charge is 2.29. The summed E-state index contributed by atoms with van der Waals surface area (Å²) in [5, 5.41) is 8.41. The van der Waals surface area contributed by atoms with Gasteiger partial charge in [0.25, 0.3) is 0 Å². The molecule has 4 nitrogen and oxygen atoms in total. The molecule has 0 bridgehead atoms. The van der Waals surface area contributed by atoms with Crippen LogP contribution in [-0.4, -0.2) is 41.9 Å². The summed E-state index contributed by atoms with van der Waals surface area (Å²) in [6, 6.07) is 0. The average Bonchev–Trinajstić information content (AvgIpc) is 2.09. The summed E-state index contributed by atoms with van der Waals surface area (Å²) in [7, 11) is 1.82. The molecule has 11 heavy (non-hydrogen) atoms. The van der Waals surface area contributed by atoms with Crippen molar-refractivity contribution in [2.24, 2.45) is 5.92 Å². The molecule has 0 spiro atoms.